The Morgan fingerprint density at radius 2 is 2.07 bits per heavy atom. The van der Waals surface area contributed by atoms with Crippen molar-refractivity contribution in [2.75, 3.05) is 11.9 Å². The van der Waals surface area contributed by atoms with Gasteiger partial charge in [-0.1, -0.05) is 35.0 Å². The van der Waals surface area contributed by atoms with Crippen molar-refractivity contribution in [1.82, 2.24) is 4.98 Å². The molecule has 4 rings (SSSR count). The number of halogens is 2. The summed E-state index contributed by atoms with van der Waals surface area (Å²) in [7, 11) is 0. The SMILES string of the molecule is CCO/N=C1/CC(C)(C)Nc2c(C)cc(-c3cccc4c(Cl)c[nH]c34)c(F)c21. The molecule has 0 spiro atoms. The molecule has 2 N–H and O–H groups in total. The van der Waals surface area contributed by atoms with Crippen LogP contribution >= 0.6 is 11.6 Å². The van der Waals surface area contributed by atoms with E-state index in [9.17, 15) is 0 Å². The highest BCUT2D eigenvalue weighted by Gasteiger charge is 2.34. The Labute approximate surface area is 168 Å². The lowest BCUT2D eigenvalue weighted by molar-refractivity contribution is 0.157. The number of aryl methyl sites for hydroxylation is 1. The van der Waals surface area contributed by atoms with E-state index in [0.29, 0.717) is 34.9 Å². The van der Waals surface area contributed by atoms with E-state index in [0.717, 1.165) is 27.7 Å². The third-order valence-electron chi connectivity index (χ3n) is 5.08. The summed E-state index contributed by atoms with van der Waals surface area (Å²) in [6, 6.07) is 7.60. The van der Waals surface area contributed by atoms with E-state index in [-0.39, 0.29) is 11.4 Å². The van der Waals surface area contributed by atoms with Crippen LogP contribution in [0.1, 0.15) is 38.3 Å². The second kappa shape index (κ2) is 6.82. The number of nitrogens with one attached hydrogen (secondary N) is 2. The lowest BCUT2D eigenvalue weighted by atomic mass is 9.84. The molecule has 2 heterocycles. The molecule has 0 unspecified atom stereocenters. The molecular formula is C22H23ClFN3O. The molecule has 28 heavy (non-hydrogen) atoms. The third-order valence-corrected chi connectivity index (χ3v) is 5.39. The largest absolute Gasteiger partial charge is 0.396 e. The van der Waals surface area contributed by atoms with E-state index in [4.69, 9.17) is 16.4 Å². The molecule has 0 amide bonds. The van der Waals surface area contributed by atoms with Crippen molar-refractivity contribution >= 4 is 33.9 Å². The van der Waals surface area contributed by atoms with Gasteiger partial charge in [0.2, 0.25) is 0 Å². The van der Waals surface area contributed by atoms with E-state index in [1.165, 1.54) is 0 Å². The molecule has 0 atom stereocenters. The number of benzene rings is 2. The number of aromatic amines is 1. The van der Waals surface area contributed by atoms with Crippen molar-refractivity contribution in [3.63, 3.8) is 0 Å². The van der Waals surface area contributed by atoms with Crippen LogP contribution in [-0.4, -0.2) is 22.8 Å². The summed E-state index contributed by atoms with van der Waals surface area (Å²) >= 11 is 6.26. The van der Waals surface area contributed by atoms with Crippen LogP contribution in [0.25, 0.3) is 22.0 Å². The number of anilines is 1. The van der Waals surface area contributed by atoms with Gasteiger partial charge in [0.25, 0.3) is 0 Å². The fraction of sp³-hybridized carbons (Fsp3) is 0.318. The van der Waals surface area contributed by atoms with Crippen molar-refractivity contribution in [3.8, 4) is 11.1 Å². The monoisotopic (exact) mass is 399 g/mol. The van der Waals surface area contributed by atoms with Crippen LogP contribution in [0.4, 0.5) is 10.1 Å². The molecule has 0 saturated heterocycles. The van der Waals surface area contributed by atoms with Crippen LogP contribution in [0.3, 0.4) is 0 Å². The normalized spacial score (nSPS) is 16.9. The number of para-hydroxylation sites is 1. The van der Waals surface area contributed by atoms with Crippen molar-refractivity contribution < 1.29 is 9.23 Å². The topological polar surface area (TPSA) is 49.4 Å². The highest BCUT2D eigenvalue weighted by atomic mass is 35.5. The molecule has 3 aromatic rings. The Kier molecular flexibility index (Phi) is 4.58. The molecule has 1 aromatic heterocycles. The molecule has 6 heteroatoms. The fourth-order valence-corrected chi connectivity index (χ4v) is 4.09. The Morgan fingerprint density at radius 1 is 1.29 bits per heavy atom. The first-order valence-electron chi connectivity index (χ1n) is 9.39. The van der Waals surface area contributed by atoms with Crippen LogP contribution in [-0.2, 0) is 4.84 Å². The maximum Gasteiger partial charge on any atom is 0.142 e. The van der Waals surface area contributed by atoms with Gasteiger partial charge in [0.15, 0.2) is 0 Å². The molecule has 0 saturated carbocycles. The van der Waals surface area contributed by atoms with Gasteiger partial charge in [-0.15, -0.1) is 0 Å². The van der Waals surface area contributed by atoms with Gasteiger partial charge >= 0.3 is 0 Å². The summed E-state index contributed by atoms with van der Waals surface area (Å²) in [5, 5.41) is 9.21. The first-order valence-corrected chi connectivity index (χ1v) is 9.76. The van der Waals surface area contributed by atoms with Crippen LogP contribution in [0.15, 0.2) is 35.6 Å². The molecule has 0 bridgehead atoms. The number of H-pyrrole nitrogens is 1. The zero-order valence-corrected chi connectivity index (χ0v) is 17.2. The first-order chi connectivity index (χ1) is 13.3. The number of fused-ring (bicyclic) bond motifs is 2. The van der Waals surface area contributed by atoms with Gasteiger partial charge < -0.3 is 15.1 Å². The first kappa shape index (κ1) is 18.8. The Bertz CT molecular complexity index is 1100. The molecule has 0 aliphatic carbocycles. The smallest absolute Gasteiger partial charge is 0.142 e. The average molecular weight is 400 g/mol. The van der Waals surface area contributed by atoms with Crippen molar-refractivity contribution in [3.05, 3.63) is 52.4 Å². The lowest BCUT2D eigenvalue weighted by Gasteiger charge is -2.36. The van der Waals surface area contributed by atoms with Gasteiger partial charge in [0.1, 0.15) is 12.4 Å². The molecule has 146 valence electrons. The number of hydrogen-bond acceptors (Lipinski definition) is 3. The average Bonchev–Trinajstić information content (AvgIpc) is 3.03. The molecule has 1 aliphatic rings. The molecular weight excluding hydrogens is 377 g/mol. The van der Waals surface area contributed by atoms with Crippen LogP contribution in [0, 0.1) is 12.7 Å². The third kappa shape index (κ3) is 3.04. The van der Waals surface area contributed by atoms with Gasteiger partial charge in [-0.2, -0.15) is 0 Å². The number of hydrogen-bond donors (Lipinski definition) is 2. The molecule has 1 aliphatic heterocycles. The molecule has 2 aromatic carbocycles. The minimum atomic E-state index is -0.305. The maximum atomic E-state index is 15.9. The van der Waals surface area contributed by atoms with Crippen molar-refractivity contribution in [2.24, 2.45) is 5.16 Å². The summed E-state index contributed by atoms with van der Waals surface area (Å²) in [6.45, 7) is 8.43. The summed E-state index contributed by atoms with van der Waals surface area (Å²) in [4.78, 5) is 8.48. The van der Waals surface area contributed by atoms with Gasteiger partial charge in [0.05, 0.1) is 21.8 Å². The predicted octanol–water partition coefficient (Wildman–Crippen LogP) is 6.27. The zero-order chi connectivity index (χ0) is 20.1. The van der Waals surface area contributed by atoms with E-state index < -0.39 is 0 Å². The molecule has 0 radical (unpaired) electrons. The van der Waals surface area contributed by atoms with Gasteiger partial charge in [-0.05, 0) is 39.3 Å². The van der Waals surface area contributed by atoms with Gasteiger partial charge in [-0.3, -0.25) is 0 Å². The second-order valence-corrected chi connectivity index (χ2v) is 8.22. The van der Waals surface area contributed by atoms with E-state index >= 15 is 4.39 Å². The van der Waals surface area contributed by atoms with E-state index in [1.807, 2.05) is 38.1 Å². The van der Waals surface area contributed by atoms with Crippen LogP contribution < -0.4 is 5.32 Å². The summed E-state index contributed by atoms with van der Waals surface area (Å²) in [5.74, 6) is -0.305. The Hall–Kier alpha value is -2.53. The van der Waals surface area contributed by atoms with Crippen molar-refractivity contribution in [2.45, 2.75) is 39.7 Å². The number of rotatable bonds is 3. The minimum Gasteiger partial charge on any atom is -0.396 e. The van der Waals surface area contributed by atoms with Crippen molar-refractivity contribution in [1.29, 1.82) is 0 Å². The standard InChI is InChI=1S/C22H23ClFN3O/c1-5-28-27-17-10-22(3,4)26-20-12(2)9-15(19(24)18(17)20)13-7-6-8-14-16(23)11-25-21(13)14/h6-9,11,25-26H,5,10H2,1-4H3/b27-17-. The summed E-state index contributed by atoms with van der Waals surface area (Å²) in [5.41, 5.74) is 4.70. The maximum absolute atomic E-state index is 15.9. The number of aromatic nitrogens is 1. The lowest BCUT2D eigenvalue weighted by Crippen LogP contribution is -2.39. The summed E-state index contributed by atoms with van der Waals surface area (Å²) in [6.07, 6.45) is 2.29. The zero-order valence-electron chi connectivity index (χ0n) is 16.4. The van der Waals surface area contributed by atoms with Gasteiger partial charge in [-0.25, -0.2) is 4.39 Å². The van der Waals surface area contributed by atoms with Gasteiger partial charge in [0, 0.05) is 40.4 Å². The Morgan fingerprint density at radius 3 is 2.82 bits per heavy atom. The Balaban J connectivity index is 1.99. The van der Waals surface area contributed by atoms with Crippen LogP contribution in [0.5, 0.6) is 0 Å². The number of oxime groups is 1. The quantitative estimate of drug-likeness (QED) is 0.510. The van der Waals surface area contributed by atoms with E-state index in [1.54, 1.807) is 6.20 Å². The minimum absolute atomic E-state index is 0.241. The predicted molar refractivity (Wildman–Crippen MR) is 114 cm³/mol. The number of nitrogens with zero attached hydrogens (tertiary/aromatic N) is 1. The molecule has 4 nitrogen and oxygen atoms in total. The second-order valence-electron chi connectivity index (χ2n) is 7.81. The highest BCUT2D eigenvalue weighted by molar-refractivity contribution is 6.36. The molecule has 0 fully saturated rings. The summed E-state index contributed by atoms with van der Waals surface area (Å²) < 4.78 is 15.9. The highest BCUT2D eigenvalue weighted by Crippen LogP contribution is 2.41. The van der Waals surface area contributed by atoms with Crippen LogP contribution in [0.2, 0.25) is 5.02 Å². The van der Waals surface area contributed by atoms with E-state index in [2.05, 4.69) is 29.3 Å². The fourth-order valence-electron chi connectivity index (χ4n) is 3.88.